The number of alkyl halides is 3. The molecule has 0 fully saturated rings. The van der Waals surface area contributed by atoms with Crippen molar-refractivity contribution in [2.24, 2.45) is 5.73 Å². The maximum Gasteiger partial charge on any atom is 0.412 e. The maximum absolute atomic E-state index is 12.5. The lowest BCUT2D eigenvalue weighted by Crippen LogP contribution is -2.32. The van der Waals surface area contributed by atoms with Crippen LogP contribution in [-0.4, -0.2) is 24.2 Å². The number of rotatable bonds is 3. The standard InChI is InChI=1S/C14H18F3N3/c1-2-12(18)13-4-3-11(9-19-13)20-7-5-10(6-8-20)14(15,16)17/h3-5,9,12H,2,6-8,18H2,1H3. The predicted molar refractivity (Wildman–Crippen MR) is 72.4 cm³/mol. The number of nitrogens with zero attached hydrogens (tertiary/aromatic N) is 2. The van der Waals surface area contributed by atoms with Crippen molar-refractivity contribution in [3.05, 3.63) is 35.7 Å². The van der Waals surface area contributed by atoms with Gasteiger partial charge in [0.15, 0.2) is 0 Å². The minimum Gasteiger partial charge on any atom is -0.366 e. The summed E-state index contributed by atoms with van der Waals surface area (Å²) >= 11 is 0. The summed E-state index contributed by atoms with van der Waals surface area (Å²) in [6.07, 6.45) is -0.470. The Balaban J connectivity index is 2.06. The number of hydrogen-bond acceptors (Lipinski definition) is 3. The molecule has 2 rings (SSSR count). The van der Waals surface area contributed by atoms with E-state index in [1.165, 1.54) is 6.08 Å². The van der Waals surface area contributed by atoms with Crippen molar-refractivity contribution in [3.63, 3.8) is 0 Å². The Morgan fingerprint density at radius 2 is 2.15 bits per heavy atom. The van der Waals surface area contributed by atoms with E-state index in [2.05, 4.69) is 4.98 Å². The van der Waals surface area contributed by atoms with Crippen LogP contribution >= 0.6 is 0 Å². The Labute approximate surface area is 116 Å². The molecular formula is C14H18F3N3. The van der Waals surface area contributed by atoms with Gasteiger partial charge in [0.05, 0.1) is 17.6 Å². The van der Waals surface area contributed by atoms with Gasteiger partial charge in [-0.25, -0.2) is 0 Å². The summed E-state index contributed by atoms with van der Waals surface area (Å²) in [6, 6.07) is 3.61. The Kier molecular flexibility index (Phi) is 4.32. The minimum absolute atomic E-state index is 0.0136. The van der Waals surface area contributed by atoms with Gasteiger partial charge in [-0.2, -0.15) is 13.2 Å². The van der Waals surface area contributed by atoms with E-state index in [4.69, 9.17) is 5.73 Å². The molecule has 1 atom stereocenters. The highest BCUT2D eigenvalue weighted by molar-refractivity contribution is 5.47. The lowest BCUT2D eigenvalue weighted by molar-refractivity contribution is -0.0943. The van der Waals surface area contributed by atoms with Gasteiger partial charge in [0.2, 0.25) is 0 Å². The van der Waals surface area contributed by atoms with E-state index in [0.717, 1.165) is 17.8 Å². The van der Waals surface area contributed by atoms with Gasteiger partial charge in [-0.15, -0.1) is 0 Å². The van der Waals surface area contributed by atoms with Crippen molar-refractivity contribution in [3.8, 4) is 0 Å². The predicted octanol–water partition coefficient (Wildman–Crippen LogP) is 3.19. The molecular weight excluding hydrogens is 267 g/mol. The summed E-state index contributed by atoms with van der Waals surface area (Å²) < 4.78 is 37.6. The van der Waals surface area contributed by atoms with E-state index >= 15 is 0 Å². The maximum atomic E-state index is 12.5. The van der Waals surface area contributed by atoms with Crippen LogP contribution in [0.4, 0.5) is 18.9 Å². The van der Waals surface area contributed by atoms with E-state index in [1.807, 2.05) is 24.0 Å². The number of pyridine rings is 1. The lowest BCUT2D eigenvalue weighted by atomic mass is 10.1. The van der Waals surface area contributed by atoms with Crippen molar-refractivity contribution >= 4 is 5.69 Å². The van der Waals surface area contributed by atoms with Crippen LogP contribution in [0.15, 0.2) is 30.0 Å². The second-order valence-corrected chi connectivity index (χ2v) is 4.88. The molecule has 2 N–H and O–H groups in total. The summed E-state index contributed by atoms with van der Waals surface area (Å²) in [5.41, 5.74) is 7.07. The Bertz CT molecular complexity index is 479. The molecule has 20 heavy (non-hydrogen) atoms. The first kappa shape index (κ1) is 14.8. The molecule has 1 aromatic heterocycles. The molecule has 1 unspecified atom stereocenters. The van der Waals surface area contributed by atoms with Crippen LogP contribution < -0.4 is 10.6 Å². The number of anilines is 1. The number of hydrogen-bond donors (Lipinski definition) is 1. The van der Waals surface area contributed by atoms with Crippen LogP contribution in [0.25, 0.3) is 0 Å². The third-order valence-corrected chi connectivity index (χ3v) is 3.53. The third kappa shape index (κ3) is 3.30. The van der Waals surface area contributed by atoms with Gasteiger partial charge < -0.3 is 10.6 Å². The molecule has 0 saturated heterocycles. The van der Waals surface area contributed by atoms with Gasteiger partial charge in [-0.05, 0) is 25.0 Å². The average molecular weight is 285 g/mol. The van der Waals surface area contributed by atoms with Crippen LogP contribution in [0.1, 0.15) is 31.5 Å². The van der Waals surface area contributed by atoms with E-state index in [0.29, 0.717) is 6.54 Å². The van der Waals surface area contributed by atoms with Crippen molar-refractivity contribution in [1.82, 2.24) is 4.98 Å². The minimum atomic E-state index is -4.21. The SMILES string of the molecule is CCC(N)c1ccc(N2CC=C(C(F)(F)F)CC2)cn1. The Hall–Kier alpha value is -1.56. The average Bonchev–Trinajstić information content (AvgIpc) is 2.46. The smallest absolute Gasteiger partial charge is 0.366 e. The molecule has 1 aliphatic rings. The van der Waals surface area contributed by atoms with Crippen molar-refractivity contribution in [2.75, 3.05) is 18.0 Å². The Morgan fingerprint density at radius 1 is 1.40 bits per heavy atom. The van der Waals surface area contributed by atoms with E-state index in [1.54, 1.807) is 6.20 Å². The lowest BCUT2D eigenvalue weighted by Gasteiger charge is -2.29. The fourth-order valence-electron chi connectivity index (χ4n) is 2.17. The normalized spacial score (nSPS) is 17.9. The molecule has 1 aliphatic heterocycles. The number of nitrogens with two attached hydrogens (primary N) is 1. The molecule has 0 aromatic carbocycles. The molecule has 0 bridgehead atoms. The summed E-state index contributed by atoms with van der Waals surface area (Å²) in [5, 5.41) is 0. The van der Waals surface area contributed by atoms with Crippen molar-refractivity contribution in [2.45, 2.75) is 32.0 Å². The van der Waals surface area contributed by atoms with E-state index in [-0.39, 0.29) is 19.0 Å². The zero-order valence-electron chi connectivity index (χ0n) is 11.3. The largest absolute Gasteiger partial charge is 0.412 e. The fourth-order valence-corrected chi connectivity index (χ4v) is 2.17. The first-order chi connectivity index (χ1) is 9.41. The molecule has 2 heterocycles. The van der Waals surface area contributed by atoms with Crippen molar-refractivity contribution < 1.29 is 13.2 Å². The monoisotopic (exact) mass is 285 g/mol. The van der Waals surface area contributed by atoms with E-state index in [9.17, 15) is 13.2 Å². The quantitative estimate of drug-likeness (QED) is 0.867. The highest BCUT2D eigenvalue weighted by Crippen LogP contribution is 2.31. The van der Waals surface area contributed by atoms with Crippen molar-refractivity contribution in [1.29, 1.82) is 0 Å². The highest BCUT2D eigenvalue weighted by atomic mass is 19.4. The van der Waals surface area contributed by atoms with Gasteiger partial charge in [-0.1, -0.05) is 13.0 Å². The van der Waals surface area contributed by atoms with Crippen LogP contribution in [0.3, 0.4) is 0 Å². The summed E-state index contributed by atoms with van der Waals surface area (Å²) in [5.74, 6) is 0. The first-order valence-electron chi connectivity index (χ1n) is 6.64. The molecule has 0 saturated carbocycles. The molecule has 0 aliphatic carbocycles. The van der Waals surface area contributed by atoms with Crippen LogP contribution in [0.2, 0.25) is 0 Å². The van der Waals surface area contributed by atoms with Crippen LogP contribution in [0, 0.1) is 0 Å². The second kappa shape index (κ2) is 5.83. The summed E-state index contributed by atoms with van der Waals surface area (Å²) in [6.45, 7) is 2.59. The Morgan fingerprint density at radius 3 is 2.60 bits per heavy atom. The zero-order valence-corrected chi connectivity index (χ0v) is 11.3. The third-order valence-electron chi connectivity index (χ3n) is 3.53. The molecule has 0 amide bonds. The van der Waals surface area contributed by atoms with Gasteiger partial charge >= 0.3 is 6.18 Å². The molecule has 3 nitrogen and oxygen atoms in total. The molecule has 0 spiro atoms. The molecule has 1 aromatic rings. The molecule has 6 heteroatoms. The highest BCUT2D eigenvalue weighted by Gasteiger charge is 2.34. The van der Waals surface area contributed by atoms with E-state index < -0.39 is 11.7 Å². The van der Waals surface area contributed by atoms with Gasteiger partial charge in [-0.3, -0.25) is 4.98 Å². The topological polar surface area (TPSA) is 42.1 Å². The van der Waals surface area contributed by atoms with Crippen LogP contribution in [0.5, 0.6) is 0 Å². The zero-order chi connectivity index (χ0) is 14.8. The fraction of sp³-hybridized carbons (Fsp3) is 0.500. The molecule has 110 valence electrons. The van der Waals surface area contributed by atoms with Gasteiger partial charge in [0.1, 0.15) is 0 Å². The number of halogens is 3. The molecule has 0 radical (unpaired) electrons. The van der Waals surface area contributed by atoms with Crippen LogP contribution in [-0.2, 0) is 0 Å². The van der Waals surface area contributed by atoms with Gasteiger partial charge in [0.25, 0.3) is 0 Å². The first-order valence-corrected chi connectivity index (χ1v) is 6.64. The van der Waals surface area contributed by atoms with Gasteiger partial charge in [0, 0.05) is 24.7 Å². The number of aromatic nitrogens is 1. The summed E-state index contributed by atoms with van der Waals surface area (Å²) in [7, 11) is 0. The summed E-state index contributed by atoms with van der Waals surface area (Å²) in [4.78, 5) is 6.16. The second-order valence-electron chi connectivity index (χ2n) is 4.88.